The van der Waals surface area contributed by atoms with E-state index in [-0.39, 0.29) is 11.8 Å². The molecular formula is C17H21N3O4. The van der Waals surface area contributed by atoms with Crippen LogP contribution in [0.15, 0.2) is 12.1 Å². The van der Waals surface area contributed by atoms with Gasteiger partial charge in [0.15, 0.2) is 11.5 Å². The highest BCUT2D eigenvalue weighted by Gasteiger charge is 2.32. The number of fused-ring (bicyclic) bond motifs is 1. The first-order chi connectivity index (χ1) is 11.5. The molecule has 7 heteroatoms. The van der Waals surface area contributed by atoms with Gasteiger partial charge in [-0.25, -0.2) is 0 Å². The molecule has 0 fully saturated rings. The fourth-order valence-corrected chi connectivity index (χ4v) is 3.30. The molecule has 1 aliphatic rings. The van der Waals surface area contributed by atoms with E-state index in [4.69, 9.17) is 14.2 Å². The molecule has 1 amide bonds. The minimum absolute atomic E-state index is 0.0377. The number of amides is 1. The SMILES string of the molecule is COc1cc([C@H]2CC(=O)Nc3c2c(C)nn3C)cc(OC)c1OC. The van der Waals surface area contributed by atoms with Gasteiger partial charge in [0, 0.05) is 24.9 Å². The summed E-state index contributed by atoms with van der Waals surface area (Å²) in [7, 11) is 6.55. The zero-order valence-electron chi connectivity index (χ0n) is 14.5. The lowest BCUT2D eigenvalue weighted by molar-refractivity contribution is -0.116. The number of rotatable bonds is 4. The minimum atomic E-state index is -0.115. The largest absolute Gasteiger partial charge is 0.493 e. The van der Waals surface area contributed by atoms with Crippen molar-refractivity contribution in [2.75, 3.05) is 26.6 Å². The Hall–Kier alpha value is -2.70. The van der Waals surface area contributed by atoms with E-state index in [0.717, 1.165) is 22.6 Å². The molecule has 24 heavy (non-hydrogen) atoms. The highest BCUT2D eigenvalue weighted by molar-refractivity contribution is 5.94. The highest BCUT2D eigenvalue weighted by atomic mass is 16.5. The lowest BCUT2D eigenvalue weighted by Crippen LogP contribution is -2.24. The smallest absolute Gasteiger partial charge is 0.226 e. The summed E-state index contributed by atoms with van der Waals surface area (Å²) in [4.78, 5) is 12.2. The van der Waals surface area contributed by atoms with Crippen molar-refractivity contribution < 1.29 is 19.0 Å². The number of carbonyl (C=O) groups is 1. The van der Waals surface area contributed by atoms with Gasteiger partial charge in [0.05, 0.1) is 27.0 Å². The third-order valence-corrected chi connectivity index (χ3v) is 4.35. The number of hydrogen-bond acceptors (Lipinski definition) is 5. The predicted molar refractivity (Wildman–Crippen MR) is 89.1 cm³/mol. The molecule has 0 radical (unpaired) electrons. The molecule has 0 saturated carbocycles. The van der Waals surface area contributed by atoms with E-state index >= 15 is 0 Å². The minimum Gasteiger partial charge on any atom is -0.493 e. The summed E-state index contributed by atoms with van der Waals surface area (Å²) < 4.78 is 17.9. The number of benzene rings is 1. The van der Waals surface area contributed by atoms with E-state index in [1.807, 2.05) is 26.1 Å². The van der Waals surface area contributed by atoms with Crippen molar-refractivity contribution in [3.05, 3.63) is 29.0 Å². The van der Waals surface area contributed by atoms with Crippen LogP contribution in [0.25, 0.3) is 0 Å². The Morgan fingerprint density at radius 2 is 1.79 bits per heavy atom. The number of hydrogen-bond donors (Lipinski definition) is 1. The van der Waals surface area contributed by atoms with E-state index < -0.39 is 0 Å². The number of aromatic nitrogens is 2. The van der Waals surface area contributed by atoms with Crippen LogP contribution in [0.2, 0.25) is 0 Å². The Bertz CT molecular complexity index is 772. The van der Waals surface area contributed by atoms with Crippen LogP contribution in [0, 0.1) is 6.92 Å². The van der Waals surface area contributed by atoms with Gasteiger partial charge in [-0.15, -0.1) is 0 Å². The van der Waals surface area contributed by atoms with Gasteiger partial charge in [-0.1, -0.05) is 0 Å². The summed E-state index contributed by atoms with van der Waals surface area (Å²) >= 11 is 0. The van der Waals surface area contributed by atoms with Crippen LogP contribution in [0.5, 0.6) is 17.2 Å². The molecule has 0 saturated heterocycles. The van der Waals surface area contributed by atoms with Crippen molar-refractivity contribution in [1.82, 2.24) is 9.78 Å². The van der Waals surface area contributed by atoms with Crippen LogP contribution in [0.4, 0.5) is 5.82 Å². The average Bonchev–Trinajstić information content (AvgIpc) is 2.86. The van der Waals surface area contributed by atoms with Gasteiger partial charge in [-0.2, -0.15) is 5.10 Å². The number of methoxy groups -OCH3 is 3. The molecule has 1 aromatic carbocycles. The first-order valence-electron chi connectivity index (χ1n) is 7.63. The van der Waals surface area contributed by atoms with E-state index in [9.17, 15) is 4.79 Å². The van der Waals surface area contributed by atoms with Gasteiger partial charge in [0.25, 0.3) is 0 Å². The van der Waals surface area contributed by atoms with Gasteiger partial charge in [-0.05, 0) is 24.6 Å². The maximum atomic E-state index is 12.2. The first-order valence-corrected chi connectivity index (χ1v) is 7.63. The third kappa shape index (κ3) is 2.46. The molecule has 0 unspecified atom stereocenters. The molecule has 7 nitrogen and oxygen atoms in total. The van der Waals surface area contributed by atoms with Crippen molar-refractivity contribution in [1.29, 1.82) is 0 Å². The lowest BCUT2D eigenvalue weighted by atomic mass is 9.85. The van der Waals surface area contributed by atoms with Crippen LogP contribution in [-0.4, -0.2) is 37.0 Å². The summed E-state index contributed by atoms with van der Waals surface area (Å²) in [5.41, 5.74) is 2.84. The monoisotopic (exact) mass is 331 g/mol. The molecule has 3 rings (SSSR count). The zero-order valence-corrected chi connectivity index (χ0v) is 14.5. The number of ether oxygens (including phenoxy) is 3. The molecule has 0 bridgehead atoms. The Kier molecular flexibility index (Phi) is 4.09. The van der Waals surface area contributed by atoms with Crippen molar-refractivity contribution in [3.63, 3.8) is 0 Å². The molecule has 1 atom stereocenters. The summed E-state index contributed by atoms with van der Waals surface area (Å²) in [5.74, 6) is 2.26. The van der Waals surface area contributed by atoms with Gasteiger partial charge in [-0.3, -0.25) is 9.48 Å². The van der Waals surface area contributed by atoms with E-state index in [0.29, 0.717) is 23.7 Å². The Morgan fingerprint density at radius 3 is 2.33 bits per heavy atom. The van der Waals surface area contributed by atoms with Crippen LogP contribution < -0.4 is 19.5 Å². The van der Waals surface area contributed by atoms with E-state index in [2.05, 4.69) is 10.4 Å². The number of anilines is 1. The molecule has 2 aromatic rings. The van der Waals surface area contributed by atoms with Gasteiger partial charge >= 0.3 is 0 Å². The maximum Gasteiger partial charge on any atom is 0.226 e. The molecule has 1 aliphatic heterocycles. The fourth-order valence-electron chi connectivity index (χ4n) is 3.30. The van der Waals surface area contributed by atoms with Crippen LogP contribution in [0.3, 0.4) is 0 Å². The maximum absolute atomic E-state index is 12.2. The van der Waals surface area contributed by atoms with Crippen molar-refractivity contribution >= 4 is 11.7 Å². The molecule has 1 aromatic heterocycles. The zero-order chi connectivity index (χ0) is 17.4. The summed E-state index contributed by atoms with van der Waals surface area (Å²) in [6.07, 6.45) is 0.345. The van der Waals surface area contributed by atoms with E-state index in [1.165, 1.54) is 0 Å². The lowest BCUT2D eigenvalue weighted by Gasteiger charge is -2.25. The second-order valence-corrected chi connectivity index (χ2v) is 5.73. The van der Waals surface area contributed by atoms with Gasteiger partial charge in [0.1, 0.15) is 5.82 Å². The summed E-state index contributed by atoms with van der Waals surface area (Å²) in [6, 6.07) is 3.78. The molecule has 2 heterocycles. The van der Waals surface area contributed by atoms with Gasteiger partial charge in [0.2, 0.25) is 11.7 Å². The predicted octanol–water partition coefficient (Wildman–Crippen LogP) is 2.23. The molecule has 128 valence electrons. The Balaban J connectivity index is 2.18. The molecule has 0 spiro atoms. The molecule has 0 aliphatic carbocycles. The topological polar surface area (TPSA) is 74.6 Å². The number of nitrogens with zero attached hydrogens (tertiary/aromatic N) is 2. The summed E-state index contributed by atoms with van der Waals surface area (Å²) in [5, 5.41) is 7.34. The van der Waals surface area contributed by atoms with Crippen LogP contribution >= 0.6 is 0 Å². The average molecular weight is 331 g/mol. The first kappa shape index (κ1) is 16.2. The number of aryl methyl sites for hydroxylation is 2. The quantitative estimate of drug-likeness (QED) is 0.930. The van der Waals surface area contributed by atoms with Crippen molar-refractivity contribution in [2.24, 2.45) is 7.05 Å². The van der Waals surface area contributed by atoms with Crippen molar-refractivity contribution in [2.45, 2.75) is 19.3 Å². The number of nitrogens with one attached hydrogen (secondary N) is 1. The summed E-state index contributed by atoms with van der Waals surface area (Å²) in [6.45, 7) is 1.95. The fraction of sp³-hybridized carbons (Fsp3) is 0.412. The third-order valence-electron chi connectivity index (χ3n) is 4.35. The Morgan fingerprint density at radius 1 is 1.17 bits per heavy atom. The van der Waals surface area contributed by atoms with Crippen molar-refractivity contribution in [3.8, 4) is 17.2 Å². The normalized spacial score (nSPS) is 16.4. The molecular weight excluding hydrogens is 310 g/mol. The Labute approximate surface area is 140 Å². The standard InChI is InChI=1S/C17H21N3O4/c1-9-15-11(8-14(21)18-17(15)20(2)19-9)10-6-12(22-3)16(24-5)13(7-10)23-4/h6-7,11H,8H2,1-5H3,(H,18,21)/t11-/m1/s1. The second-order valence-electron chi connectivity index (χ2n) is 5.73. The van der Waals surface area contributed by atoms with E-state index in [1.54, 1.807) is 26.0 Å². The van der Waals surface area contributed by atoms with Gasteiger partial charge < -0.3 is 19.5 Å². The second kappa shape index (κ2) is 6.07. The number of carbonyl (C=O) groups excluding carboxylic acids is 1. The highest BCUT2D eigenvalue weighted by Crippen LogP contribution is 2.45. The van der Waals surface area contributed by atoms with Crippen LogP contribution in [0.1, 0.15) is 29.2 Å². The van der Waals surface area contributed by atoms with Crippen LogP contribution in [-0.2, 0) is 11.8 Å². The molecule has 1 N–H and O–H groups in total.